The number of hydrogen-bond acceptors (Lipinski definition) is 2. The zero-order valence-electron chi connectivity index (χ0n) is 13.4. The van der Waals surface area contributed by atoms with Gasteiger partial charge >= 0.3 is 12.1 Å². The fourth-order valence-corrected chi connectivity index (χ4v) is 2.34. The smallest absolute Gasteiger partial charge is 0.416 e. The van der Waals surface area contributed by atoms with Crippen LogP contribution in [0, 0.1) is 5.82 Å². The van der Waals surface area contributed by atoms with Crippen LogP contribution in [0.3, 0.4) is 0 Å². The van der Waals surface area contributed by atoms with Gasteiger partial charge in [0.1, 0.15) is 11.9 Å². The van der Waals surface area contributed by atoms with Crippen molar-refractivity contribution in [2.24, 2.45) is 0 Å². The van der Waals surface area contributed by atoms with E-state index < -0.39 is 35.5 Å². The predicted molar refractivity (Wildman–Crippen MR) is 84.8 cm³/mol. The number of benzene rings is 2. The van der Waals surface area contributed by atoms with Gasteiger partial charge in [-0.15, -0.1) is 0 Å². The number of rotatable bonds is 6. The van der Waals surface area contributed by atoms with Crippen molar-refractivity contribution >= 4 is 11.9 Å². The Morgan fingerprint density at radius 1 is 1.04 bits per heavy atom. The first kappa shape index (κ1) is 19.4. The van der Waals surface area contributed by atoms with Crippen molar-refractivity contribution in [3.63, 3.8) is 0 Å². The first-order valence-corrected chi connectivity index (χ1v) is 7.58. The highest BCUT2D eigenvalue weighted by molar-refractivity contribution is 5.85. The zero-order valence-corrected chi connectivity index (χ0v) is 13.4. The Kier molecular flexibility index (Phi) is 5.97. The molecular weight excluding hydrogens is 354 g/mol. The second-order valence-electron chi connectivity index (χ2n) is 5.66. The van der Waals surface area contributed by atoms with Crippen LogP contribution in [0.5, 0.6) is 0 Å². The molecule has 26 heavy (non-hydrogen) atoms. The monoisotopic (exact) mass is 369 g/mol. The summed E-state index contributed by atoms with van der Waals surface area (Å²) in [5.41, 5.74) is -0.138. The van der Waals surface area contributed by atoms with Crippen LogP contribution >= 0.6 is 0 Å². The second-order valence-corrected chi connectivity index (χ2v) is 5.66. The maximum atomic E-state index is 13.1. The number of alkyl halides is 3. The Morgan fingerprint density at radius 2 is 1.69 bits per heavy atom. The van der Waals surface area contributed by atoms with Gasteiger partial charge in [0, 0.05) is 6.42 Å². The molecular formula is C18H15F4NO3. The van der Waals surface area contributed by atoms with E-state index >= 15 is 0 Å². The number of hydrogen-bond donors (Lipinski definition) is 2. The summed E-state index contributed by atoms with van der Waals surface area (Å²) in [5, 5.41) is 11.5. The minimum absolute atomic E-state index is 0.178. The van der Waals surface area contributed by atoms with E-state index in [1.54, 1.807) is 0 Å². The van der Waals surface area contributed by atoms with Crippen molar-refractivity contribution in [2.45, 2.75) is 25.1 Å². The second kappa shape index (κ2) is 7.99. The molecule has 2 aromatic carbocycles. The van der Waals surface area contributed by atoms with Gasteiger partial charge in [0.25, 0.3) is 0 Å². The molecule has 0 heterocycles. The lowest BCUT2D eigenvalue weighted by Crippen LogP contribution is -2.43. The molecule has 1 amide bonds. The summed E-state index contributed by atoms with van der Waals surface area (Å²) < 4.78 is 50.7. The third-order valence-corrected chi connectivity index (χ3v) is 3.61. The van der Waals surface area contributed by atoms with Gasteiger partial charge in [-0.1, -0.05) is 24.3 Å². The van der Waals surface area contributed by atoms with E-state index in [0.29, 0.717) is 11.1 Å². The lowest BCUT2D eigenvalue weighted by molar-refractivity contribution is -0.141. The van der Waals surface area contributed by atoms with Crippen molar-refractivity contribution in [1.82, 2.24) is 5.32 Å². The number of nitrogens with one attached hydrogen (secondary N) is 1. The van der Waals surface area contributed by atoms with Crippen molar-refractivity contribution in [3.05, 3.63) is 71.0 Å². The fourth-order valence-electron chi connectivity index (χ4n) is 2.34. The van der Waals surface area contributed by atoms with Crippen LogP contribution in [0.15, 0.2) is 48.5 Å². The number of carbonyl (C=O) groups is 2. The lowest BCUT2D eigenvalue weighted by atomic mass is 10.0. The average Bonchev–Trinajstić information content (AvgIpc) is 2.53. The molecule has 0 fully saturated rings. The number of carboxylic acid groups (broad SMARTS) is 1. The highest BCUT2D eigenvalue weighted by Gasteiger charge is 2.30. The van der Waals surface area contributed by atoms with E-state index in [1.807, 2.05) is 0 Å². The van der Waals surface area contributed by atoms with Crippen LogP contribution < -0.4 is 5.32 Å². The molecule has 0 saturated heterocycles. The number of carboxylic acids is 1. The van der Waals surface area contributed by atoms with E-state index in [-0.39, 0.29) is 12.8 Å². The Labute approximate surface area is 146 Å². The van der Waals surface area contributed by atoms with Crippen molar-refractivity contribution in [1.29, 1.82) is 0 Å². The first-order valence-electron chi connectivity index (χ1n) is 7.58. The zero-order chi connectivity index (χ0) is 19.3. The molecule has 0 aliphatic heterocycles. The van der Waals surface area contributed by atoms with E-state index in [9.17, 15) is 32.3 Å². The Morgan fingerprint density at radius 3 is 2.23 bits per heavy atom. The van der Waals surface area contributed by atoms with E-state index in [4.69, 9.17) is 0 Å². The van der Waals surface area contributed by atoms with Crippen molar-refractivity contribution in [2.75, 3.05) is 0 Å². The van der Waals surface area contributed by atoms with Gasteiger partial charge in [-0.2, -0.15) is 13.2 Å². The van der Waals surface area contributed by atoms with Gasteiger partial charge in [0.05, 0.1) is 12.0 Å². The molecule has 2 N–H and O–H groups in total. The van der Waals surface area contributed by atoms with Gasteiger partial charge in [0.2, 0.25) is 5.91 Å². The van der Waals surface area contributed by atoms with E-state index in [1.165, 1.54) is 18.2 Å². The number of carbonyl (C=O) groups excluding carboxylic acids is 1. The molecule has 0 bridgehead atoms. The molecule has 2 rings (SSSR count). The van der Waals surface area contributed by atoms with Crippen LogP contribution in [-0.2, 0) is 28.6 Å². The normalized spacial score (nSPS) is 12.5. The Bertz CT molecular complexity index is 788. The molecule has 0 aromatic heterocycles. The lowest BCUT2D eigenvalue weighted by Gasteiger charge is -2.15. The van der Waals surface area contributed by atoms with Crippen LogP contribution in [-0.4, -0.2) is 23.0 Å². The van der Waals surface area contributed by atoms with Crippen LogP contribution in [0.25, 0.3) is 0 Å². The summed E-state index contributed by atoms with van der Waals surface area (Å²) in [5.74, 6) is -2.47. The summed E-state index contributed by atoms with van der Waals surface area (Å²) in [7, 11) is 0. The van der Waals surface area contributed by atoms with Crippen molar-refractivity contribution < 1.29 is 32.3 Å². The van der Waals surface area contributed by atoms with Gasteiger partial charge in [-0.05, 0) is 35.4 Å². The third kappa shape index (κ3) is 5.58. The summed E-state index contributed by atoms with van der Waals surface area (Å²) in [6, 6.07) is 8.04. The summed E-state index contributed by atoms with van der Waals surface area (Å²) in [6.45, 7) is 0. The summed E-state index contributed by atoms with van der Waals surface area (Å²) in [6.07, 6.45) is -4.87. The maximum Gasteiger partial charge on any atom is 0.416 e. The Balaban J connectivity index is 2.02. The molecule has 0 spiro atoms. The van der Waals surface area contributed by atoms with Crippen LogP contribution in [0.1, 0.15) is 16.7 Å². The van der Waals surface area contributed by atoms with Crippen molar-refractivity contribution in [3.8, 4) is 0 Å². The summed E-state index contributed by atoms with van der Waals surface area (Å²) in [4.78, 5) is 23.3. The van der Waals surface area contributed by atoms with Crippen LogP contribution in [0.2, 0.25) is 0 Å². The predicted octanol–water partition coefficient (Wildman–Crippen LogP) is 3.20. The SMILES string of the molecule is O=C(Cc1cccc(F)c1)N[C@H](Cc1ccc(C(F)(F)F)cc1)C(=O)O. The molecule has 2 aromatic rings. The minimum Gasteiger partial charge on any atom is -0.480 e. The number of aliphatic carboxylic acids is 1. The molecule has 0 aliphatic carbocycles. The topological polar surface area (TPSA) is 66.4 Å². The Hall–Kier alpha value is -2.90. The molecule has 8 heteroatoms. The molecule has 0 radical (unpaired) electrons. The van der Waals surface area contributed by atoms with Gasteiger partial charge in [-0.3, -0.25) is 4.79 Å². The summed E-state index contributed by atoms with van der Waals surface area (Å²) >= 11 is 0. The number of halogens is 4. The third-order valence-electron chi connectivity index (χ3n) is 3.61. The quantitative estimate of drug-likeness (QED) is 0.769. The molecule has 1 atom stereocenters. The van der Waals surface area contributed by atoms with Crippen LogP contribution in [0.4, 0.5) is 17.6 Å². The van der Waals surface area contributed by atoms with Gasteiger partial charge in [0.15, 0.2) is 0 Å². The molecule has 0 aliphatic rings. The largest absolute Gasteiger partial charge is 0.480 e. The molecule has 4 nitrogen and oxygen atoms in total. The fraction of sp³-hybridized carbons (Fsp3) is 0.222. The molecule has 0 saturated carbocycles. The molecule has 0 unspecified atom stereocenters. The molecule has 138 valence electrons. The minimum atomic E-state index is -4.48. The average molecular weight is 369 g/mol. The van der Waals surface area contributed by atoms with E-state index in [2.05, 4.69) is 5.32 Å². The van der Waals surface area contributed by atoms with Gasteiger partial charge < -0.3 is 10.4 Å². The van der Waals surface area contributed by atoms with Gasteiger partial charge in [-0.25, -0.2) is 9.18 Å². The standard InChI is InChI=1S/C18H15F4NO3/c19-14-3-1-2-12(8-14)10-16(24)23-15(17(25)26)9-11-4-6-13(7-5-11)18(20,21)22/h1-8,15H,9-10H2,(H,23,24)(H,25,26)/t15-/m1/s1. The highest BCUT2D eigenvalue weighted by atomic mass is 19.4. The maximum absolute atomic E-state index is 13.1. The number of amides is 1. The highest BCUT2D eigenvalue weighted by Crippen LogP contribution is 2.29. The first-order chi connectivity index (χ1) is 12.1. The van der Waals surface area contributed by atoms with E-state index in [0.717, 1.165) is 30.3 Å².